The summed E-state index contributed by atoms with van der Waals surface area (Å²) in [7, 11) is -3.58. The number of benzene rings is 1. The number of amides is 3. The lowest BCUT2D eigenvalue weighted by Gasteiger charge is -2.36. The SMILES string of the molecule is Cc1ccccc1S(=O)(=O)N1CCC2(CC1)NC(=O)NC2=O. The molecule has 3 amide bonds. The highest BCUT2D eigenvalue weighted by molar-refractivity contribution is 7.89. The van der Waals surface area contributed by atoms with Crippen LogP contribution in [0.4, 0.5) is 4.79 Å². The van der Waals surface area contributed by atoms with E-state index in [9.17, 15) is 18.0 Å². The minimum atomic E-state index is -3.58. The average Bonchev–Trinajstić information content (AvgIpc) is 2.73. The molecule has 3 rings (SSSR count). The van der Waals surface area contributed by atoms with Crippen LogP contribution in [0.2, 0.25) is 0 Å². The van der Waals surface area contributed by atoms with Gasteiger partial charge in [0.25, 0.3) is 5.91 Å². The summed E-state index contributed by atoms with van der Waals surface area (Å²) in [5, 5.41) is 4.84. The van der Waals surface area contributed by atoms with Crippen molar-refractivity contribution in [1.82, 2.24) is 14.9 Å². The number of carbonyl (C=O) groups is 2. The number of hydrogen-bond donors (Lipinski definition) is 2. The van der Waals surface area contributed by atoms with E-state index in [-0.39, 0.29) is 36.7 Å². The smallest absolute Gasteiger partial charge is 0.322 e. The van der Waals surface area contributed by atoms with Gasteiger partial charge in [0.05, 0.1) is 4.90 Å². The molecule has 2 N–H and O–H groups in total. The van der Waals surface area contributed by atoms with Crippen LogP contribution >= 0.6 is 0 Å². The summed E-state index contributed by atoms with van der Waals surface area (Å²) in [6.07, 6.45) is 0.547. The lowest BCUT2D eigenvalue weighted by Crippen LogP contribution is -2.55. The fourth-order valence-corrected chi connectivity index (χ4v) is 4.64. The third-order valence-corrected chi connectivity index (χ3v) is 6.36. The molecule has 0 unspecified atom stereocenters. The highest BCUT2D eigenvalue weighted by Crippen LogP contribution is 2.29. The Morgan fingerprint density at radius 1 is 1.14 bits per heavy atom. The second kappa shape index (κ2) is 5.06. The van der Waals surface area contributed by atoms with Gasteiger partial charge in [-0.05, 0) is 31.4 Å². The Bertz CT molecular complexity index is 736. The van der Waals surface area contributed by atoms with Gasteiger partial charge in [0, 0.05) is 13.1 Å². The molecule has 7 nitrogen and oxygen atoms in total. The van der Waals surface area contributed by atoms with Crippen LogP contribution < -0.4 is 10.6 Å². The van der Waals surface area contributed by atoms with E-state index in [0.717, 1.165) is 0 Å². The van der Waals surface area contributed by atoms with Gasteiger partial charge in [0.15, 0.2) is 0 Å². The van der Waals surface area contributed by atoms with Crippen LogP contribution in [0, 0.1) is 6.92 Å². The standard InChI is InChI=1S/C14H17N3O4S/c1-10-4-2-3-5-11(10)22(20,21)17-8-6-14(7-9-17)12(18)15-13(19)16-14/h2-5H,6-9H2,1H3,(H2,15,16,18,19). The summed E-state index contributed by atoms with van der Waals surface area (Å²) in [6.45, 7) is 2.15. The van der Waals surface area contributed by atoms with Crippen molar-refractivity contribution in [2.75, 3.05) is 13.1 Å². The van der Waals surface area contributed by atoms with Crippen LogP contribution in [0.25, 0.3) is 0 Å². The predicted molar refractivity (Wildman–Crippen MR) is 78.6 cm³/mol. The molecule has 2 saturated heterocycles. The zero-order valence-corrected chi connectivity index (χ0v) is 12.9. The monoisotopic (exact) mass is 323 g/mol. The molecule has 0 radical (unpaired) electrons. The quantitative estimate of drug-likeness (QED) is 0.768. The molecule has 0 atom stereocenters. The molecule has 8 heteroatoms. The Morgan fingerprint density at radius 3 is 2.32 bits per heavy atom. The van der Waals surface area contributed by atoms with Crippen molar-refractivity contribution in [2.24, 2.45) is 0 Å². The van der Waals surface area contributed by atoms with Gasteiger partial charge in [0.1, 0.15) is 5.54 Å². The summed E-state index contributed by atoms with van der Waals surface area (Å²) in [6, 6.07) is 6.30. The van der Waals surface area contributed by atoms with Crippen LogP contribution in [0.5, 0.6) is 0 Å². The van der Waals surface area contributed by atoms with Gasteiger partial charge in [-0.15, -0.1) is 0 Å². The second-order valence-electron chi connectivity index (χ2n) is 5.66. The maximum absolute atomic E-state index is 12.7. The van der Waals surface area contributed by atoms with E-state index in [1.165, 1.54) is 4.31 Å². The van der Waals surface area contributed by atoms with Crippen molar-refractivity contribution in [3.05, 3.63) is 29.8 Å². The number of hydrogen-bond acceptors (Lipinski definition) is 4. The van der Waals surface area contributed by atoms with Crippen molar-refractivity contribution in [1.29, 1.82) is 0 Å². The molecule has 0 bridgehead atoms. The number of nitrogens with zero attached hydrogens (tertiary/aromatic N) is 1. The van der Waals surface area contributed by atoms with E-state index in [0.29, 0.717) is 5.56 Å². The number of imide groups is 1. The summed E-state index contributed by atoms with van der Waals surface area (Å²) < 4.78 is 26.8. The normalized spacial score (nSPS) is 21.7. The molecule has 2 heterocycles. The van der Waals surface area contributed by atoms with Gasteiger partial charge >= 0.3 is 6.03 Å². The van der Waals surface area contributed by atoms with Gasteiger partial charge in [0.2, 0.25) is 10.0 Å². The first kappa shape index (κ1) is 15.0. The highest BCUT2D eigenvalue weighted by Gasteiger charge is 2.49. The number of urea groups is 1. The molecule has 0 aromatic heterocycles. The van der Waals surface area contributed by atoms with Gasteiger partial charge in [-0.3, -0.25) is 10.1 Å². The van der Waals surface area contributed by atoms with E-state index in [4.69, 9.17) is 0 Å². The molecule has 1 spiro atoms. The number of sulfonamides is 1. The van der Waals surface area contributed by atoms with Crippen molar-refractivity contribution in [3.63, 3.8) is 0 Å². The third-order valence-electron chi connectivity index (χ3n) is 4.30. The maximum Gasteiger partial charge on any atom is 0.322 e. The Labute approximate surface area is 128 Å². The first-order valence-corrected chi connectivity index (χ1v) is 8.49. The van der Waals surface area contributed by atoms with E-state index in [2.05, 4.69) is 10.6 Å². The van der Waals surface area contributed by atoms with Gasteiger partial charge in [-0.25, -0.2) is 13.2 Å². The number of nitrogens with one attached hydrogen (secondary N) is 2. The molecule has 2 aliphatic rings. The Morgan fingerprint density at radius 2 is 1.77 bits per heavy atom. The van der Waals surface area contributed by atoms with Crippen LogP contribution in [-0.4, -0.2) is 43.3 Å². The van der Waals surface area contributed by atoms with Gasteiger partial charge in [-0.1, -0.05) is 18.2 Å². The van der Waals surface area contributed by atoms with Crippen molar-refractivity contribution < 1.29 is 18.0 Å². The zero-order chi connectivity index (χ0) is 16.0. The predicted octanol–water partition coefficient (Wildman–Crippen LogP) is 0.358. The molecular weight excluding hydrogens is 306 g/mol. The number of aryl methyl sites for hydroxylation is 1. The van der Waals surface area contributed by atoms with Crippen LogP contribution in [0.1, 0.15) is 18.4 Å². The van der Waals surface area contributed by atoms with Crippen LogP contribution in [0.3, 0.4) is 0 Å². The van der Waals surface area contributed by atoms with Crippen LogP contribution in [0.15, 0.2) is 29.2 Å². The molecule has 2 fully saturated rings. The zero-order valence-electron chi connectivity index (χ0n) is 12.1. The molecular formula is C14H17N3O4S. The fraction of sp³-hybridized carbons (Fsp3) is 0.429. The molecule has 0 aliphatic carbocycles. The third kappa shape index (κ3) is 2.28. The maximum atomic E-state index is 12.7. The largest absolute Gasteiger partial charge is 0.323 e. The van der Waals surface area contributed by atoms with Crippen molar-refractivity contribution in [3.8, 4) is 0 Å². The summed E-state index contributed by atoms with van der Waals surface area (Å²) >= 11 is 0. The Kier molecular flexibility index (Phi) is 3.45. The molecule has 22 heavy (non-hydrogen) atoms. The summed E-state index contributed by atoms with van der Waals surface area (Å²) in [4.78, 5) is 23.5. The molecule has 118 valence electrons. The minimum absolute atomic E-state index is 0.199. The van der Waals surface area contributed by atoms with Gasteiger partial charge in [-0.2, -0.15) is 4.31 Å². The lowest BCUT2D eigenvalue weighted by molar-refractivity contribution is -0.125. The molecule has 0 saturated carbocycles. The molecule has 1 aromatic rings. The van der Waals surface area contributed by atoms with E-state index in [1.54, 1.807) is 31.2 Å². The lowest BCUT2D eigenvalue weighted by atomic mass is 9.89. The molecule has 1 aromatic carbocycles. The Hall–Kier alpha value is -1.93. The summed E-state index contributed by atoms with van der Waals surface area (Å²) in [5.74, 6) is -0.370. The van der Waals surface area contributed by atoms with Crippen molar-refractivity contribution >= 4 is 22.0 Å². The van der Waals surface area contributed by atoms with E-state index in [1.807, 2.05) is 0 Å². The fourth-order valence-electron chi connectivity index (χ4n) is 2.97. The number of piperidine rings is 1. The first-order chi connectivity index (χ1) is 10.3. The Balaban J connectivity index is 1.81. The highest BCUT2D eigenvalue weighted by atomic mass is 32.2. The topological polar surface area (TPSA) is 95.6 Å². The van der Waals surface area contributed by atoms with E-state index >= 15 is 0 Å². The number of rotatable bonds is 2. The second-order valence-corrected chi connectivity index (χ2v) is 7.57. The number of carbonyl (C=O) groups excluding carboxylic acids is 2. The summed E-state index contributed by atoms with van der Waals surface area (Å²) in [5.41, 5.74) is -0.274. The van der Waals surface area contributed by atoms with Crippen molar-refractivity contribution in [2.45, 2.75) is 30.2 Å². The van der Waals surface area contributed by atoms with Crippen LogP contribution in [-0.2, 0) is 14.8 Å². The van der Waals surface area contributed by atoms with Gasteiger partial charge < -0.3 is 5.32 Å². The average molecular weight is 323 g/mol. The molecule has 2 aliphatic heterocycles. The first-order valence-electron chi connectivity index (χ1n) is 7.05. The minimum Gasteiger partial charge on any atom is -0.323 e. The van der Waals surface area contributed by atoms with E-state index < -0.39 is 21.6 Å².